The van der Waals surface area contributed by atoms with Crippen LogP contribution >= 0.6 is 0 Å². The van der Waals surface area contributed by atoms with Gasteiger partial charge >= 0.3 is 11.9 Å². The first-order valence-corrected chi connectivity index (χ1v) is 14.6. The summed E-state index contributed by atoms with van der Waals surface area (Å²) in [5.41, 5.74) is 5.67. The Morgan fingerprint density at radius 2 is 1.98 bits per heavy atom. The van der Waals surface area contributed by atoms with Crippen molar-refractivity contribution in [3.05, 3.63) is 40.1 Å². The van der Waals surface area contributed by atoms with Gasteiger partial charge in [-0.25, -0.2) is 15.6 Å². The standard InChI is InChI=1S/C28H41F3N6O3/c1-34-18-32-33-25(34)11-27(16-40-17-27)20-5-4-6-21(10-20)36-15-24-23(28(29,30)31)9-19(13-37(24)26(36)39)12-35-8-3-2-7-22(38)14-35/h9,13,15,20-22,25,32-33,38H,2-8,10-12,14,16-18H2,1H3/t20?,21?,22-,25?/m0/s1. The SMILES string of the molecule is CN1CNNC1CC1(C2CCCC(n3cc4c(C(F)(F)F)cc(CN5CCCC[C@H](O)C5)cn4c3=O)C2)COC1. The Balaban J connectivity index is 1.28. The molecule has 5 heterocycles. The number of β-amino-alcohol motifs (C(OH)–C–C–N with tert-alkyl or cyclic N) is 1. The summed E-state index contributed by atoms with van der Waals surface area (Å²) in [5.74, 6) is 0.331. The van der Waals surface area contributed by atoms with Crippen LogP contribution in [0.25, 0.3) is 5.52 Å². The van der Waals surface area contributed by atoms with Crippen molar-refractivity contribution in [2.45, 2.75) is 82.4 Å². The number of hydrogen-bond acceptors (Lipinski definition) is 7. The minimum Gasteiger partial charge on any atom is -0.392 e. The molecule has 4 fully saturated rings. The molecule has 2 aromatic heterocycles. The van der Waals surface area contributed by atoms with Crippen LogP contribution in [0.2, 0.25) is 0 Å². The van der Waals surface area contributed by atoms with Gasteiger partial charge in [0.05, 0.1) is 43.2 Å². The molecule has 4 aliphatic rings. The van der Waals surface area contributed by atoms with E-state index in [1.807, 2.05) is 4.90 Å². The lowest BCUT2D eigenvalue weighted by Crippen LogP contribution is -2.54. The van der Waals surface area contributed by atoms with Crippen molar-refractivity contribution in [2.24, 2.45) is 11.3 Å². The first kappa shape index (κ1) is 28.2. The van der Waals surface area contributed by atoms with E-state index in [4.69, 9.17) is 4.74 Å². The molecule has 0 spiro atoms. The lowest BCUT2D eigenvalue weighted by atomic mass is 9.64. The third kappa shape index (κ3) is 5.46. The molecule has 0 amide bonds. The second-order valence-electron chi connectivity index (χ2n) is 12.5. The average molecular weight is 567 g/mol. The van der Waals surface area contributed by atoms with Gasteiger partial charge in [0, 0.05) is 36.9 Å². The molecule has 3 N–H and O–H groups in total. The third-order valence-corrected chi connectivity index (χ3v) is 9.70. The van der Waals surface area contributed by atoms with Crippen LogP contribution < -0.4 is 16.5 Å². The summed E-state index contributed by atoms with van der Waals surface area (Å²) in [6, 6.07) is 1.03. The van der Waals surface area contributed by atoms with Crippen LogP contribution in [-0.2, 0) is 17.5 Å². The van der Waals surface area contributed by atoms with E-state index >= 15 is 0 Å². The number of nitrogens with zero attached hydrogens (tertiary/aromatic N) is 4. The second-order valence-corrected chi connectivity index (χ2v) is 12.5. The summed E-state index contributed by atoms with van der Waals surface area (Å²) >= 11 is 0. The number of rotatable bonds is 6. The Labute approximate surface area is 232 Å². The highest BCUT2D eigenvalue weighted by atomic mass is 19.4. The largest absolute Gasteiger partial charge is 0.418 e. The number of alkyl halides is 3. The predicted molar refractivity (Wildman–Crippen MR) is 143 cm³/mol. The first-order chi connectivity index (χ1) is 19.1. The predicted octanol–water partition coefficient (Wildman–Crippen LogP) is 2.93. The monoisotopic (exact) mass is 566 g/mol. The first-order valence-electron chi connectivity index (χ1n) is 14.6. The Kier molecular flexibility index (Phi) is 7.77. The molecule has 9 nitrogen and oxygen atoms in total. The molecule has 1 saturated carbocycles. The fourth-order valence-corrected chi connectivity index (χ4v) is 7.39. The van der Waals surface area contributed by atoms with Crippen LogP contribution in [0.3, 0.4) is 0 Å². The van der Waals surface area contributed by atoms with E-state index in [2.05, 4.69) is 22.8 Å². The lowest BCUT2D eigenvalue weighted by Gasteiger charge is -2.51. The zero-order valence-electron chi connectivity index (χ0n) is 23.1. The van der Waals surface area contributed by atoms with Crippen LogP contribution in [0, 0.1) is 11.3 Å². The second kappa shape index (κ2) is 11.0. The molecular weight excluding hydrogens is 525 g/mol. The highest BCUT2D eigenvalue weighted by molar-refractivity contribution is 5.56. The van der Waals surface area contributed by atoms with Gasteiger partial charge in [-0.1, -0.05) is 6.42 Å². The molecule has 0 radical (unpaired) electrons. The van der Waals surface area contributed by atoms with Gasteiger partial charge < -0.3 is 9.84 Å². The van der Waals surface area contributed by atoms with E-state index in [1.165, 1.54) is 16.7 Å². The van der Waals surface area contributed by atoms with E-state index < -0.39 is 23.5 Å². The smallest absolute Gasteiger partial charge is 0.392 e. The topological polar surface area (TPSA) is 86.4 Å². The number of hydrazine groups is 1. The number of fused-ring (bicyclic) bond motifs is 1. The molecule has 222 valence electrons. The highest BCUT2D eigenvalue weighted by Crippen LogP contribution is 2.49. The van der Waals surface area contributed by atoms with Crippen LogP contribution in [0.5, 0.6) is 0 Å². The molecule has 3 aliphatic heterocycles. The molecule has 0 bridgehead atoms. The number of imidazole rings is 1. The molecule has 40 heavy (non-hydrogen) atoms. The van der Waals surface area contributed by atoms with Crippen LogP contribution in [-0.4, -0.2) is 76.2 Å². The fourth-order valence-electron chi connectivity index (χ4n) is 7.39. The van der Waals surface area contributed by atoms with E-state index in [0.29, 0.717) is 44.2 Å². The van der Waals surface area contributed by atoms with Gasteiger partial charge in [-0.2, -0.15) is 13.2 Å². The zero-order chi connectivity index (χ0) is 28.1. The molecule has 6 rings (SSSR count). The summed E-state index contributed by atoms with van der Waals surface area (Å²) in [4.78, 5) is 17.9. The molecule has 4 atom stereocenters. The van der Waals surface area contributed by atoms with Crippen molar-refractivity contribution < 1.29 is 23.0 Å². The van der Waals surface area contributed by atoms with Crippen molar-refractivity contribution >= 4 is 5.52 Å². The molecule has 2 aromatic rings. The number of ether oxygens (including phenoxy) is 1. The number of aromatic nitrogens is 2. The number of nitrogens with one attached hydrogen (secondary N) is 2. The molecule has 3 unspecified atom stereocenters. The molecule has 1 aliphatic carbocycles. The summed E-state index contributed by atoms with van der Waals surface area (Å²) < 4.78 is 51.3. The zero-order valence-corrected chi connectivity index (χ0v) is 23.1. The van der Waals surface area contributed by atoms with Gasteiger partial charge in [-0.3, -0.25) is 18.8 Å². The van der Waals surface area contributed by atoms with E-state index in [0.717, 1.165) is 51.6 Å². The van der Waals surface area contributed by atoms with Gasteiger partial charge in [0.15, 0.2) is 0 Å². The normalized spacial score (nSPS) is 30.4. The number of halogens is 3. The minimum absolute atomic E-state index is 0.00139. The average Bonchev–Trinajstić information content (AvgIpc) is 3.37. The Bertz CT molecular complexity index is 1260. The molecule has 12 heteroatoms. The van der Waals surface area contributed by atoms with Crippen LogP contribution in [0.4, 0.5) is 13.2 Å². The van der Waals surface area contributed by atoms with Gasteiger partial charge in [0.25, 0.3) is 0 Å². The minimum atomic E-state index is -4.59. The van der Waals surface area contributed by atoms with Gasteiger partial charge in [0.1, 0.15) is 0 Å². The van der Waals surface area contributed by atoms with Crippen LogP contribution in [0.15, 0.2) is 23.3 Å². The van der Waals surface area contributed by atoms with E-state index in [1.54, 1.807) is 10.8 Å². The summed E-state index contributed by atoms with van der Waals surface area (Å²) in [6.45, 7) is 3.52. The van der Waals surface area contributed by atoms with Crippen LogP contribution in [0.1, 0.15) is 68.5 Å². The number of hydrogen-bond donors (Lipinski definition) is 3. The van der Waals surface area contributed by atoms with Crippen molar-refractivity contribution in [2.75, 3.05) is 40.0 Å². The molecule has 3 saturated heterocycles. The number of likely N-dealkylation sites (tertiary alicyclic amines) is 1. The Hall–Kier alpha value is -1.96. The fraction of sp³-hybridized carbons (Fsp3) is 0.750. The van der Waals surface area contributed by atoms with E-state index in [9.17, 15) is 23.1 Å². The number of aliphatic hydroxyl groups is 1. The highest BCUT2D eigenvalue weighted by Gasteiger charge is 2.49. The maximum atomic E-state index is 14.3. The Morgan fingerprint density at radius 3 is 2.67 bits per heavy atom. The summed E-state index contributed by atoms with van der Waals surface area (Å²) in [5, 5.41) is 10.2. The summed E-state index contributed by atoms with van der Waals surface area (Å²) in [7, 11) is 2.07. The van der Waals surface area contributed by atoms with Crippen molar-refractivity contribution in [1.82, 2.24) is 29.6 Å². The molecule has 0 aromatic carbocycles. The molecular formula is C28H41F3N6O3. The Morgan fingerprint density at radius 1 is 1.15 bits per heavy atom. The quantitative estimate of drug-likeness (QED) is 0.496. The maximum absolute atomic E-state index is 14.3. The van der Waals surface area contributed by atoms with Crippen molar-refractivity contribution in [3.8, 4) is 0 Å². The summed E-state index contributed by atoms with van der Waals surface area (Å²) in [6.07, 6.45) is 5.01. The maximum Gasteiger partial charge on any atom is 0.418 e. The van der Waals surface area contributed by atoms with Gasteiger partial charge in [-0.05, 0) is 76.1 Å². The van der Waals surface area contributed by atoms with Crippen molar-refractivity contribution in [3.63, 3.8) is 0 Å². The van der Waals surface area contributed by atoms with Gasteiger partial charge in [-0.15, -0.1) is 0 Å². The van der Waals surface area contributed by atoms with Crippen molar-refractivity contribution in [1.29, 1.82) is 0 Å². The third-order valence-electron chi connectivity index (χ3n) is 9.70. The number of aliphatic hydroxyl groups excluding tert-OH is 1. The van der Waals surface area contributed by atoms with Gasteiger partial charge in [0.2, 0.25) is 0 Å². The van der Waals surface area contributed by atoms with E-state index in [-0.39, 0.29) is 29.7 Å². The lowest BCUT2D eigenvalue weighted by molar-refractivity contribution is -0.167. The number of pyridine rings is 1.